The molecule has 0 spiro atoms. The first-order chi connectivity index (χ1) is 9.11. The van der Waals surface area contributed by atoms with Crippen molar-refractivity contribution in [3.05, 3.63) is 39.8 Å². The van der Waals surface area contributed by atoms with E-state index >= 15 is 0 Å². The molecule has 1 aromatic heterocycles. The molecule has 1 aromatic carbocycles. The number of ether oxygens (including phenoxy) is 1. The summed E-state index contributed by atoms with van der Waals surface area (Å²) in [5, 5.41) is 3.31. The van der Waals surface area contributed by atoms with Crippen LogP contribution in [-0.2, 0) is 0 Å². The van der Waals surface area contributed by atoms with E-state index in [2.05, 4.69) is 10.3 Å². The van der Waals surface area contributed by atoms with E-state index in [1.54, 1.807) is 0 Å². The summed E-state index contributed by atoms with van der Waals surface area (Å²) in [6.07, 6.45) is 0. The van der Waals surface area contributed by atoms with Crippen molar-refractivity contribution in [2.24, 2.45) is 0 Å². The molecule has 0 bridgehead atoms. The molecular formula is C14H16N2O2S. The maximum atomic E-state index is 12.1. The summed E-state index contributed by atoms with van der Waals surface area (Å²) >= 11 is 1.40. The van der Waals surface area contributed by atoms with Crippen LogP contribution >= 0.6 is 11.3 Å². The van der Waals surface area contributed by atoms with Gasteiger partial charge in [0.25, 0.3) is 5.91 Å². The first-order valence-electron chi connectivity index (χ1n) is 6.09. The molecule has 1 N–H and O–H groups in total. The van der Waals surface area contributed by atoms with Crippen LogP contribution in [0, 0.1) is 13.8 Å². The molecule has 0 unspecified atom stereocenters. The zero-order chi connectivity index (χ0) is 13.8. The fraction of sp³-hybridized carbons (Fsp3) is 0.286. The molecule has 0 saturated carbocycles. The van der Waals surface area contributed by atoms with Gasteiger partial charge in [-0.3, -0.25) is 4.79 Å². The van der Waals surface area contributed by atoms with Gasteiger partial charge in [0.2, 0.25) is 0 Å². The highest BCUT2D eigenvalue weighted by atomic mass is 32.1. The van der Waals surface area contributed by atoms with Crippen LogP contribution in [0.5, 0.6) is 5.75 Å². The summed E-state index contributed by atoms with van der Waals surface area (Å²) in [6, 6.07) is 7.38. The Kier molecular flexibility index (Phi) is 4.16. The van der Waals surface area contributed by atoms with Gasteiger partial charge in [0.1, 0.15) is 5.75 Å². The number of hydrogen-bond acceptors (Lipinski definition) is 4. The molecule has 0 saturated heterocycles. The van der Waals surface area contributed by atoms with Crippen LogP contribution in [-0.4, -0.2) is 17.5 Å². The van der Waals surface area contributed by atoms with Crippen molar-refractivity contribution in [2.45, 2.75) is 20.8 Å². The number of para-hydroxylation sites is 2. The predicted octanol–water partition coefficient (Wildman–Crippen LogP) is 3.41. The van der Waals surface area contributed by atoms with Crippen molar-refractivity contribution in [3.8, 4) is 5.75 Å². The number of aromatic nitrogens is 1. The van der Waals surface area contributed by atoms with E-state index in [0.29, 0.717) is 23.1 Å². The van der Waals surface area contributed by atoms with Gasteiger partial charge in [-0.25, -0.2) is 4.98 Å². The molecule has 0 radical (unpaired) electrons. The third kappa shape index (κ3) is 3.12. The Morgan fingerprint density at radius 1 is 1.37 bits per heavy atom. The number of carbonyl (C=O) groups is 1. The van der Waals surface area contributed by atoms with E-state index in [4.69, 9.17) is 4.74 Å². The summed E-state index contributed by atoms with van der Waals surface area (Å²) in [5.74, 6) is 0.469. The number of carbonyl (C=O) groups excluding carboxylic acids is 1. The third-order valence-corrected chi connectivity index (χ3v) is 3.73. The van der Waals surface area contributed by atoms with Crippen molar-refractivity contribution in [2.75, 3.05) is 11.9 Å². The Balaban J connectivity index is 2.19. The number of thiazole rings is 1. The minimum atomic E-state index is -0.201. The molecule has 19 heavy (non-hydrogen) atoms. The van der Waals surface area contributed by atoms with Gasteiger partial charge in [0, 0.05) is 4.88 Å². The van der Waals surface area contributed by atoms with Gasteiger partial charge in [-0.2, -0.15) is 0 Å². The van der Waals surface area contributed by atoms with Crippen molar-refractivity contribution >= 4 is 22.9 Å². The van der Waals surface area contributed by atoms with Crippen LogP contribution in [0.3, 0.4) is 0 Å². The molecule has 1 amide bonds. The lowest BCUT2D eigenvalue weighted by molar-refractivity contribution is 0.102. The van der Waals surface area contributed by atoms with Gasteiger partial charge in [-0.05, 0) is 32.9 Å². The summed E-state index contributed by atoms with van der Waals surface area (Å²) in [4.78, 5) is 17.4. The zero-order valence-electron chi connectivity index (χ0n) is 11.2. The molecule has 2 rings (SSSR count). The van der Waals surface area contributed by atoms with Gasteiger partial charge in [-0.15, -0.1) is 11.3 Å². The van der Waals surface area contributed by atoms with Gasteiger partial charge >= 0.3 is 0 Å². The van der Waals surface area contributed by atoms with Crippen LogP contribution in [0.2, 0.25) is 0 Å². The Labute approximate surface area is 116 Å². The lowest BCUT2D eigenvalue weighted by Gasteiger charge is -2.10. The number of rotatable bonds is 4. The van der Waals surface area contributed by atoms with Gasteiger partial charge in [0.05, 0.1) is 18.0 Å². The summed E-state index contributed by atoms with van der Waals surface area (Å²) < 4.78 is 5.47. The largest absolute Gasteiger partial charge is 0.492 e. The molecule has 4 nitrogen and oxygen atoms in total. The van der Waals surface area contributed by atoms with Gasteiger partial charge in [-0.1, -0.05) is 12.1 Å². The second-order valence-electron chi connectivity index (χ2n) is 4.04. The second kappa shape index (κ2) is 5.84. The standard InChI is InChI=1S/C14H16N2O2S/c1-4-18-12-8-6-5-7-11(12)16-13(17)14-15-9(2)10(3)19-14/h5-8H,4H2,1-3H3,(H,16,17). The molecule has 0 aliphatic rings. The smallest absolute Gasteiger partial charge is 0.284 e. The van der Waals surface area contributed by atoms with E-state index < -0.39 is 0 Å². The summed E-state index contributed by atoms with van der Waals surface area (Å²) in [6.45, 7) is 6.32. The monoisotopic (exact) mass is 276 g/mol. The molecule has 0 aliphatic heterocycles. The van der Waals surface area contributed by atoms with Crippen LogP contribution in [0.25, 0.3) is 0 Å². The number of amides is 1. The number of benzene rings is 1. The van der Waals surface area contributed by atoms with E-state index in [9.17, 15) is 4.79 Å². The van der Waals surface area contributed by atoms with Gasteiger partial charge < -0.3 is 10.1 Å². The molecule has 0 fully saturated rings. The third-order valence-electron chi connectivity index (χ3n) is 2.66. The molecule has 2 aromatic rings. The average Bonchev–Trinajstić information content (AvgIpc) is 2.72. The minimum absolute atomic E-state index is 0.201. The highest BCUT2D eigenvalue weighted by molar-refractivity contribution is 7.13. The lowest BCUT2D eigenvalue weighted by atomic mass is 10.3. The molecule has 0 atom stereocenters. The zero-order valence-corrected chi connectivity index (χ0v) is 12.0. The second-order valence-corrected chi connectivity index (χ2v) is 5.25. The Morgan fingerprint density at radius 2 is 2.11 bits per heavy atom. The SMILES string of the molecule is CCOc1ccccc1NC(=O)c1nc(C)c(C)s1. The average molecular weight is 276 g/mol. The van der Waals surface area contributed by atoms with Crippen molar-refractivity contribution < 1.29 is 9.53 Å². The fourth-order valence-electron chi connectivity index (χ4n) is 1.60. The first-order valence-corrected chi connectivity index (χ1v) is 6.90. The Morgan fingerprint density at radius 3 is 2.74 bits per heavy atom. The van der Waals surface area contributed by atoms with Gasteiger partial charge in [0.15, 0.2) is 5.01 Å². The topological polar surface area (TPSA) is 51.2 Å². The molecule has 1 heterocycles. The lowest BCUT2D eigenvalue weighted by Crippen LogP contribution is -2.12. The van der Waals surface area contributed by atoms with Crippen molar-refractivity contribution in [1.82, 2.24) is 4.98 Å². The van der Waals surface area contributed by atoms with Crippen LogP contribution in [0.4, 0.5) is 5.69 Å². The molecule has 0 aliphatic carbocycles. The molecular weight excluding hydrogens is 260 g/mol. The number of hydrogen-bond donors (Lipinski definition) is 1. The highest BCUT2D eigenvalue weighted by Crippen LogP contribution is 2.25. The quantitative estimate of drug-likeness (QED) is 0.931. The highest BCUT2D eigenvalue weighted by Gasteiger charge is 2.14. The van der Waals surface area contributed by atoms with E-state index in [-0.39, 0.29) is 5.91 Å². The van der Waals surface area contributed by atoms with Crippen LogP contribution in [0.15, 0.2) is 24.3 Å². The number of nitrogens with one attached hydrogen (secondary N) is 1. The van der Waals surface area contributed by atoms with E-state index in [0.717, 1.165) is 10.6 Å². The van der Waals surface area contributed by atoms with E-state index in [1.165, 1.54) is 11.3 Å². The van der Waals surface area contributed by atoms with E-state index in [1.807, 2.05) is 45.0 Å². The minimum Gasteiger partial charge on any atom is -0.492 e. The molecule has 5 heteroatoms. The van der Waals surface area contributed by atoms with Crippen LogP contribution < -0.4 is 10.1 Å². The summed E-state index contributed by atoms with van der Waals surface area (Å²) in [5.41, 5.74) is 1.56. The number of aryl methyl sites for hydroxylation is 2. The van der Waals surface area contributed by atoms with Crippen molar-refractivity contribution in [3.63, 3.8) is 0 Å². The normalized spacial score (nSPS) is 10.3. The first kappa shape index (κ1) is 13.5. The maximum Gasteiger partial charge on any atom is 0.284 e. The Bertz CT molecular complexity index is 573. The predicted molar refractivity (Wildman–Crippen MR) is 77.2 cm³/mol. The Hall–Kier alpha value is -1.88. The summed E-state index contributed by atoms with van der Waals surface area (Å²) in [7, 11) is 0. The fourth-order valence-corrected chi connectivity index (χ4v) is 2.41. The number of nitrogens with zero attached hydrogens (tertiary/aromatic N) is 1. The molecule has 100 valence electrons. The number of anilines is 1. The maximum absolute atomic E-state index is 12.1. The van der Waals surface area contributed by atoms with Crippen LogP contribution in [0.1, 0.15) is 27.3 Å². The van der Waals surface area contributed by atoms with Crippen molar-refractivity contribution in [1.29, 1.82) is 0 Å².